The van der Waals surface area contributed by atoms with Crippen molar-refractivity contribution in [3.8, 4) is 0 Å². The van der Waals surface area contributed by atoms with Crippen molar-refractivity contribution in [2.75, 3.05) is 38.1 Å². The molecule has 1 fully saturated rings. The summed E-state index contributed by atoms with van der Waals surface area (Å²) in [6.07, 6.45) is 2.43. The zero-order chi connectivity index (χ0) is 28.2. The van der Waals surface area contributed by atoms with E-state index in [1.807, 2.05) is 0 Å². The largest absolute Gasteiger partial charge is 0.450 e. The van der Waals surface area contributed by atoms with E-state index >= 15 is 0 Å². The average Bonchev–Trinajstić information content (AvgIpc) is 3.26. The molecule has 3 amide bonds. The quantitative estimate of drug-likeness (QED) is 0.485. The molecule has 1 aromatic carbocycles. The third kappa shape index (κ3) is 6.68. The van der Waals surface area contributed by atoms with E-state index in [0.29, 0.717) is 37.0 Å². The van der Waals surface area contributed by atoms with Crippen LogP contribution in [0, 0.1) is 5.92 Å². The minimum atomic E-state index is -3.63. The van der Waals surface area contributed by atoms with E-state index in [4.69, 9.17) is 4.74 Å². The second kappa shape index (κ2) is 12.6. The van der Waals surface area contributed by atoms with Gasteiger partial charge in [-0.1, -0.05) is 13.8 Å². The maximum Gasteiger partial charge on any atom is 0.414 e. The number of nitrogens with one attached hydrogen (secondary N) is 2. The smallest absolute Gasteiger partial charge is 0.414 e. The lowest BCUT2D eigenvalue weighted by Crippen LogP contribution is -2.37. The summed E-state index contributed by atoms with van der Waals surface area (Å²) < 4.78 is 32.5. The van der Waals surface area contributed by atoms with Crippen LogP contribution in [0.1, 0.15) is 71.2 Å². The van der Waals surface area contributed by atoms with E-state index < -0.39 is 27.9 Å². The lowest BCUT2D eigenvalue weighted by atomic mass is 10.0. The molecule has 2 aliphatic rings. The molecule has 0 bridgehead atoms. The maximum atomic E-state index is 13.2. The fourth-order valence-electron chi connectivity index (χ4n) is 4.94. The highest BCUT2D eigenvalue weighted by Crippen LogP contribution is 2.37. The number of carbonyl (C=O) groups is 3. The summed E-state index contributed by atoms with van der Waals surface area (Å²) in [5, 5.41) is 5.43. The Kier molecular flexibility index (Phi) is 9.42. The third-order valence-electron chi connectivity index (χ3n) is 7.12. The Hall–Kier alpha value is -2.80. The van der Waals surface area contributed by atoms with Gasteiger partial charge in [-0.25, -0.2) is 13.2 Å². The highest BCUT2D eigenvalue weighted by molar-refractivity contribution is 7.89. The van der Waals surface area contributed by atoms with Crippen LogP contribution in [0.25, 0.3) is 0 Å². The standard InChI is InChI=1S/C27H36N4O6S2/c1-4-13-30-14-12-21-22(17-30)38-26(23(21)25(33)29-27(34)37-5-2)28-24(32)19-6-8-20(9-7-19)39(35,36)31-15-10-18(3)11-16-31/h6-9,18H,4-5,10-17H2,1-3H3,(H,28,32)(H,29,33,34). The molecule has 39 heavy (non-hydrogen) atoms. The molecule has 10 nitrogen and oxygen atoms in total. The lowest BCUT2D eigenvalue weighted by Gasteiger charge is -2.29. The number of ether oxygens (including phenoxy) is 1. The highest BCUT2D eigenvalue weighted by Gasteiger charge is 2.31. The number of thiophene rings is 1. The van der Waals surface area contributed by atoms with Crippen LogP contribution in [0.15, 0.2) is 29.2 Å². The number of benzene rings is 1. The molecular weight excluding hydrogens is 540 g/mol. The first-order valence-corrected chi connectivity index (χ1v) is 15.7. The number of fused-ring (bicyclic) bond motifs is 1. The predicted octanol–water partition coefficient (Wildman–Crippen LogP) is 4.08. The predicted molar refractivity (Wildman–Crippen MR) is 150 cm³/mol. The normalized spacial score (nSPS) is 16.9. The van der Waals surface area contributed by atoms with Crippen molar-refractivity contribution < 1.29 is 27.5 Å². The molecular formula is C27H36N4O6S2. The van der Waals surface area contributed by atoms with E-state index in [2.05, 4.69) is 29.4 Å². The molecule has 3 heterocycles. The van der Waals surface area contributed by atoms with E-state index in [1.165, 1.54) is 39.9 Å². The van der Waals surface area contributed by atoms with Crippen molar-refractivity contribution in [2.45, 2.75) is 57.9 Å². The number of nitrogens with zero attached hydrogens (tertiary/aromatic N) is 2. The molecule has 0 aliphatic carbocycles. The topological polar surface area (TPSA) is 125 Å². The summed E-state index contributed by atoms with van der Waals surface area (Å²) in [6, 6.07) is 5.84. The molecule has 2 aliphatic heterocycles. The number of carbonyl (C=O) groups excluding carboxylic acids is 3. The van der Waals surface area contributed by atoms with Crippen LogP contribution in [0.2, 0.25) is 0 Å². The number of piperidine rings is 1. The first kappa shape index (κ1) is 29.2. The van der Waals surface area contributed by atoms with Gasteiger partial charge in [0.25, 0.3) is 11.8 Å². The minimum Gasteiger partial charge on any atom is -0.450 e. The molecule has 0 saturated carbocycles. The van der Waals surface area contributed by atoms with Gasteiger partial charge in [-0.2, -0.15) is 4.31 Å². The second-order valence-corrected chi connectivity index (χ2v) is 13.0. The number of alkyl carbamates (subject to hydrolysis) is 1. The van der Waals surface area contributed by atoms with Crippen LogP contribution in [-0.4, -0.2) is 68.3 Å². The van der Waals surface area contributed by atoms with Gasteiger partial charge in [0.05, 0.1) is 17.1 Å². The Morgan fingerprint density at radius 2 is 1.74 bits per heavy atom. The Bertz CT molecular complexity index is 1310. The van der Waals surface area contributed by atoms with E-state index in [-0.39, 0.29) is 22.6 Å². The minimum absolute atomic E-state index is 0.124. The van der Waals surface area contributed by atoms with Gasteiger partial charge in [-0.15, -0.1) is 11.3 Å². The molecule has 12 heteroatoms. The third-order valence-corrected chi connectivity index (χ3v) is 10.2. The zero-order valence-corrected chi connectivity index (χ0v) is 24.3. The summed E-state index contributed by atoms with van der Waals surface area (Å²) in [5.74, 6) is -0.591. The fraction of sp³-hybridized carbons (Fsp3) is 0.519. The second-order valence-electron chi connectivity index (χ2n) is 9.97. The fourth-order valence-corrected chi connectivity index (χ4v) is 7.69. The van der Waals surface area contributed by atoms with Crippen molar-refractivity contribution in [1.82, 2.24) is 14.5 Å². The number of hydrogen-bond acceptors (Lipinski definition) is 8. The van der Waals surface area contributed by atoms with E-state index in [1.54, 1.807) is 6.92 Å². The molecule has 0 spiro atoms. The van der Waals surface area contributed by atoms with Gasteiger partial charge in [0.2, 0.25) is 10.0 Å². The number of imide groups is 1. The Labute approximate surface area is 233 Å². The van der Waals surface area contributed by atoms with Crippen LogP contribution >= 0.6 is 11.3 Å². The van der Waals surface area contributed by atoms with Gasteiger partial charge in [-0.3, -0.25) is 19.8 Å². The van der Waals surface area contributed by atoms with Crippen molar-refractivity contribution in [2.24, 2.45) is 5.92 Å². The Morgan fingerprint density at radius 1 is 1.05 bits per heavy atom. The average molecular weight is 577 g/mol. The van der Waals surface area contributed by atoms with Crippen LogP contribution < -0.4 is 10.6 Å². The SMILES string of the molecule is CCCN1CCc2c(sc(NC(=O)c3ccc(S(=O)(=O)N4CCC(C)CC4)cc3)c2C(=O)NC(=O)OCC)C1. The van der Waals surface area contributed by atoms with Crippen molar-refractivity contribution in [3.05, 3.63) is 45.8 Å². The first-order chi connectivity index (χ1) is 18.6. The summed E-state index contributed by atoms with van der Waals surface area (Å²) >= 11 is 1.32. The number of amides is 3. The van der Waals surface area contributed by atoms with Crippen LogP contribution in [0.3, 0.4) is 0 Å². The molecule has 0 radical (unpaired) electrons. The summed E-state index contributed by atoms with van der Waals surface area (Å²) in [5.41, 5.74) is 1.35. The summed E-state index contributed by atoms with van der Waals surface area (Å²) in [4.78, 5) is 41.6. The van der Waals surface area contributed by atoms with Gasteiger partial charge in [0.1, 0.15) is 5.00 Å². The molecule has 212 valence electrons. The zero-order valence-electron chi connectivity index (χ0n) is 22.6. The summed E-state index contributed by atoms with van der Waals surface area (Å²) in [6.45, 7) is 9.33. The number of hydrogen-bond donors (Lipinski definition) is 2. The summed E-state index contributed by atoms with van der Waals surface area (Å²) in [7, 11) is -3.63. The molecule has 1 aromatic heterocycles. The number of anilines is 1. The van der Waals surface area contributed by atoms with Crippen molar-refractivity contribution in [1.29, 1.82) is 0 Å². The monoisotopic (exact) mass is 576 g/mol. The molecule has 0 unspecified atom stereocenters. The van der Waals surface area contributed by atoms with Gasteiger partial charge in [-0.05, 0) is 74.9 Å². The number of rotatable bonds is 8. The molecule has 2 aromatic rings. The van der Waals surface area contributed by atoms with Gasteiger partial charge in [0, 0.05) is 36.6 Å². The van der Waals surface area contributed by atoms with E-state index in [9.17, 15) is 22.8 Å². The van der Waals surface area contributed by atoms with Crippen LogP contribution in [0.5, 0.6) is 0 Å². The van der Waals surface area contributed by atoms with E-state index in [0.717, 1.165) is 42.8 Å². The van der Waals surface area contributed by atoms with Crippen molar-refractivity contribution in [3.63, 3.8) is 0 Å². The first-order valence-electron chi connectivity index (χ1n) is 13.4. The molecule has 2 N–H and O–H groups in total. The Balaban J connectivity index is 1.55. The maximum absolute atomic E-state index is 13.2. The van der Waals surface area contributed by atoms with Crippen LogP contribution in [0.4, 0.5) is 9.80 Å². The van der Waals surface area contributed by atoms with Gasteiger partial charge in [0.15, 0.2) is 0 Å². The van der Waals surface area contributed by atoms with Crippen LogP contribution in [-0.2, 0) is 27.7 Å². The number of sulfonamides is 1. The van der Waals surface area contributed by atoms with Crippen molar-refractivity contribution >= 4 is 44.3 Å². The van der Waals surface area contributed by atoms with Gasteiger partial charge >= 0.3 is 6.09 Å². The highest BCUT2D eigenvalue weighted by atomic mass is 32.2. The molecule has 0 atom stereocenters. The molecule has 4 rings (SSSR count). The van der Waals surface area contributed by atoms with Gasteiger partial charge < -0.3 is 10.1 Å². The lowest BCUT2D eigenvalue weighted by molar-refractivity contribution is 0.0924. The molecule has 1 saturated heterocycles. The Morgan fingerprint density at radius 3 is 2.38 bits per heavy atom.